The van der Waals surface area contributed by atoms with Gasteiger partial charge in [-0.3, -0.25) is 14.5 Å². The first-order valence-corrected chi connectivity index (χ1v) is 11.6. The highest BCUT2D eigenvalue weighted by Gasteiger charge is 2.13. The van der Waals surface area contributed by atoms with Gasteiger partial charge in [-0.25, -0.2) is 4.39 Å². The van der Waals surface area contributed by atoms with Crippen molar-refractivity contribution in [3.63, 3.8) is 0 Å². The van der Waals surface area contributed by atoms with Gasteiger partial charge in [0.15, 0.2) is 5.16 Å². The Hall–Kier alpha value is -3.46. The van der Waals surface area contributed by atoms with Crippen LogP contribution in [0.25, 0.3) is 16.9 Å². The molecule has 0 fully saturated rings. The lowest BCUT2D eigenvalue weighted by Crippen LogP contribution is -2.29. The molecule has 1 N–H and O–H groups in total. The molecule has 0 saturated carbocycles. The van der Waals surface area contributed by atoms with Crippen LogP contribution in [0.15, 0.2) is 66.1 Å². The minimum atomic E-state index is -0.268. The van der Waals surface area contributed by atoms with Crippen molar-refractivity contribution in [1.29, 1.82) is 0 Å². The van der Waals surface area contributed by atoms with Crippen LogP contribution in [-0.4, -0.2) is 55.1 Å². The lowest BCUT2D eigenvalue weighted by molar-refractivity contribution is -0.127. The smallest absolute Gasteiger partial charge is 0.232 e. The first-order valence-electron chi connectivity index (χ1n) is 10.6. The summed E-state index contributed by atoms with van der Waals surface area (Å²) in [6, 6.07) is 16.3. The maximum atomic E-state index is 13.1. The van der Waals surface area contributed by atoms with Gasteiger partial charge in [0.05, 0.1) is 11.4 Å². The number of nitrogens with one attached hydrogen (secondary N) is 1. The number of aryl methyl sites for hydroxylation is 2. The van der Waals surface area contributed by atoms with Crippen LogP contribution in [0.5, 0.6) is 0 Å². The topological polar surface area (TPSA) is 79.7 Å². The van der Waals surface area contributed by atoms with Crippen LogP contribution in [-0.2, 0) is 11.2 Å². The highest BCUT2D eigenvalue weighted by atomic mass is 32.2. The average Bonchev–Trinajstić information content (AvgIpc) is 3.48. The van der Waals surface area contributed by atoms with Crippen LogP contribution in [0.3, 0.4) is 0 Å². The van der Waals surface area contributed by atoms with Crippen LogP contribution < -0.4 is 0 Å². The molecular formula is C24H25FN6OS. The van der Waals surface area contributed by atoms with E-state index in [9.17, 15) is 9.18 Å². The molecule has 170 valence electrons. The van der Waals surface area contributed by atoms with Crippen molar-refractivity contribution < 1.29 is 9.18 Å². The summed E-state index contributed by atoms with van der Waals surface area (Å²) in [7, 11) is 1.81. The molecule has 2 aromatic heterocycles. The van der Waals surface area contributed by atoms with Crippen molar-refractivity contribution in [2.75, 3.05) is 19.3 Å². The summed E-state index contributed by atoms with van der Waals surface area (Å²) in [6.45, 7) is 2.67. The Morgan fingerprint density at radius 1 is 1.15 bits per heavy atom. The zero-order valence-electron chi connectivity index (χ0n) is 18.5. The van der Waals surface area contributed by atoms with E-state index in [0.717, 1.165) is 35.5 Å². The van der Waals surface area contributed by atoms with Crippen molar-refractivity contribution in [3.05, 3.63) is 78.0 Å². The second kappa shape index (κ2) is 10.4. The van der Waals surface area contributed by atoms with Gasteiger partial charge >= 0.3 is 0 Å². The van der Waals surface area contributed by atoms with Crippen molar-refractivity contribution >= 4 is 17.7 Å². The molecule has 0 aliphatic rings. The van der Waals surface area contributed by atoms with Crippen molar-refractivity contribution in [2.45, 2.75) is 24.9 Å². The molecule has 2 heterocycles. The average molecular weight is 465 g/mol. The van der Waals surface area contributed by atoms with Gasteiger partial charge in [0.1, 0.15) is 12.1 Å². The molecule has 0 unspecified atom stereocenters. The van der Waals surface area contributed by atoms with Gasteiger partial charge in [-0.15, -0.1) is 10.2 Å². The van der Waals surface area contributed by atoms with Gasteiger partial charge in [0, 0.05) is 30.5 Å². The Bertz CT molecular complexity index is 1200. The molecule has 1 amide bonds. The zero-order chi connectivity index (χ0) is 23.2. The molecule has 0 bridgehead atoms. The van der Waals surface area contributed by atoms with E-state index in [2.05, 4.69) is 20.4 Å². The van der Waals surface area contributed by atoms with E-state index >= 15 is 0 Å². The molecule has 4 rings (SSSR count). The van der Waals surface area contributed by atoms with Gasteiger partial charge in [0.2, 0.25) is 5.91 Å². The Labute approximate surface area is 196 Å². The standard InChI is InChI=1S/C24H25FN6OS/c1-17-5-11-21(12-6-17)31-16-26-29-24(31)33-15-23(32)30(2)13-3-4-20-14-22(28-27-20)18-7-9-19(25)10-8-18/h5-12,14,16H,3-4,13,15H2,1-2H3,(H,27,28). The predicted molar refractivity (Wildman–Crippen MR) is 127 cm³/mol. The van der Waals surface area contributed by atoms with Gasteiger partial charge < -0.3 is 4.90 Å². The molecule has 0 saturated heterocycles. The van der Waals surface area contributed by atoms with Crippen molar-refractivity contribution in [2.24, 2.45) is 0 Å². The first-order chi connectivity index (χ1) is 16.0. The normalized spacial score (nSPS) is 11.0. The number of benzene rings is 2. The third kappa shape index (κ3) is 5.87. The van der Waals surface area contributed by atoms with E-state index in [1.54, 1.807) is 23.4 Å². The Morgan fingerprint density at radius 2 is 1.91 bits per heavy atom. The van der Waals surface area contributed by atoms with Crippen molar-refractivity contribution in [1.82, 2.24) is 29.9 Å². The summed E-state index contributed by atoms with van der Waals surface area (Å²) < 4.78 is 15.0. The second-order valence-electron chi connectivity index (χ2n) is 7.81. The van der Waals surface area contributed by atoms with E-state index < -0.39 is 0 Å². The van der Waals surface area contributed by atoms with Gasteiger partial charge in [-0.2, -0.15) is 5.10 Å². The van der Waals surface area contributed by atoms with Gasteiger partial charge in [-0.05, 0) is 62.2 Å². The van der Waals surface area contributed by atoms with E-state index in [1.165, 1.54) is 29.5 Å². The lowest BCUT2D eigenvalue weighted by atomic mass is 10.1. The van der Waals surface area contributed by atoms with Crippen LogP contribution >= 0.6 is 11.8 Å². The fourth-order valence-electron chi connectivity index (χ4n) is 3.33. The van der Waals surface area contributed by atoms with E-state index in [0.29, 0.717) is 17.5 Å². The second-order valence-corrected chi connectivity index (χ2v) is 8.75. The molecule has 7 nitrogen and oxygen atoms in total. The SMILES string of the molecule is Cc1ccc(-n2cnnc2SCC(=O)N(C)CCCc2cc(-c3ccc(F)cc3)n[nH]2)cc1. The molecule has 0 spiro atoms. The number of hydrogen-bond acceptors (Lipinski definition) is 5. The Balaban J connectivity index is 1.24. The number of aromatic nitrogens is 5. The monoisotopic (exact) mass is 464 g/mol. The summed E-state index contributed by atoms with van der Waals surface area (Å²) in [6.07, 6.45) is 3.23. The molecule has 0 aliphatic heterocycles. The third-order valence-corrected chi connectivity index (χ3v) is 6.22. The fourth-order valence-corrected chi connectivity index (χ4v) is 4.20. The fraction of sp³-hybridized carbons (Fsp3) is 0.250. The number of carbonyl (C=O) groups is 1. The molecule has 0 atom stereocenters. The minimum Gasteiger partial charge on any atom is -0.345 e. The molecular weight excluding hydrogens is 439 g/mol. The number of aromatic amines is 1. The number of thioether (sulfide) groups is 1. The minimum absolute atomic E-state index is 0.0371. The van der Waals surface area contributed by atoms with Crippen LogP contribution in [0.1, 0.15) is 17.7 Å². The number of amides is 1. The number of hydrogen-bond donors (Lipinski definition) is 1. The zero-order valence-corrected chi connectivity index (χ0v) is 19.3. The summed E-state index contributed by atoms with van der Waals surface area (Å²) in [5.74, 6) is 0.0608. The first kappa shape index (κ1) is 22.7. The van der Waals surface area contributed by atoms with Crippen LogP contribution in [0, 0.1) is 12.7 Å². The molecule has 2 aromatic carbocycles. The van der Waals surface area contributed by atoms with Gasteiger partial charge in [0.25, 0.3) is 0 Å². The van der Waals surface area contributed by atoms with E-state index in [4.69, 9.17) is 0 Å². The summed E-state index contributed by atoms with van der Waals surface area (Å²) in [4.78, 5) is 14.3. The van der Waals surface area contributed by atoms with Crippen molar-refractivity contribution in [3.8, 4) is 16.9 Å². The summed E-state index contributed by atoms with van der Waals surface area (Å²) in [5, 5.41) is 16.2. The molecule has 0 aliphatic carbocycles. The maximum Gasteiger partial charge on any atom is 0.232 e. The van der Waals surface area contributed by atoms with E-state index in [-0.39, 0.29) is 11.7 Å². The van der Waals surface area contributed by atoms with Crippen LogP contribution in [0.4, 0.5) is 4.39 Å². The lowest BCUT2D eigenvalue weighted by Gasteiger charge is -2.16. The summed E-state index contributed by atoms with van der Waals surface area (Å²) >= 11 is 1.38. The van der Waals surface area contributed by atoms with Gasteiger partial charge in [-0.1, -0.05) is 29.5 Å². The number of nitrogens with zero attached hydrogens (tertiary/aromatic N) is 5. The Kier molecular flexibility index (Phi) is 7.19. The highest BCUT2D eigenvalue weighted by Crippen LogP contribution is 2.21. The highest BCUT2D eigenvalue weighted by molar-refractivity contribution is 7.99. The number of H-pyrrole nitrogens is 1. The summed E-state index contributed by atoms with van der Waals surface area (Å²) in [5.41, 5.74) is 4.77. The predicted octanol–water partition coefficient (Wildman–Crippen LogP) is 4.29. The molecule has 9 heteroatoms. The number of rotatable bonds is 9. The van der Waals surface area contributed by atoms with Crippen LogP contribution in [0.2, 0.25) is 0 Å². The molecule has 33 heavy (non-hydrogen) atoms. The van der Waals surface area contributed by atoms with E-state index in [1.807, 2.05) is 48.9 Å². The Morgan fingerprint density at radius 3 is 2.67 bits per heavy atom. The molecule has 4 aromatic rings. The molecule has 0 radical (unpaired) electrons. The largest absolute Gasteiger partial charge is 0.345 e. The third-order valence-electron chi connectivity index (χ3n) is 5.29. The number of carbonyl (C=O) groups excluding carboxylic acids is 1. The quantitative estimate of drug-likeness (QED) is 0.374. The maximum absolute atomic E-state index is 13.1. The number of halogens is 1.